The molecule has 0 saturated carbocycles. The predicted octanol–water partition coefficient (Wildman–Crippen LogP) is 2.00. The zero-order valence-electron chi connectivity index (χ0n) is 12.0. The van der Waals surface area contributed by atoms with Crippen molar-refractivity contribution in [3.8, 4) is 11.3 Å². The lowest BCUT2D eigenvalue weighted by molar-refractivity contribution is -0.143. The highest BCUT2D eigenvalue weighted by Crippen LogP contribution is 2.27. The minimum absolute atomic E-state index is 0.117. The van der Waals surface area contributed by atoms with E-state index in [4.69, 9.17) is 4.74 Å². The van der Waals surface area contributed by atoms with E-state index in [9.17, 15) is 4.79 Å². The third kappa shape index (κ3) is 2.40. The van der Waals surface area contributed by atoms with E-state index in [2.05, 4.69) is 10.2 Å². The molecule has 0 amide bonds. The Morgan fingerprint density at radius 3 is 2.86 bits per heavy atom. The summed E-state index contributed by atoms with van der Waals surface area (Å²) in [5.41, 5.74) is 2.96. The number of fused-ring (bicyclic) bond motifs is 1. The van der Waals surface area contributed by atoms with E-state index in [1.165, 1.54) is 0 Å². The van der Waals surface area contributed by atoms with Gasteiger partial charge in [0.15, 0.2) is 0 Å². The van der Waals surface area contributed by atoms with Crippen LogP contribution in [0.3, 0.4) is 0 Å². The molecular weight excluding hydrogens is 268 g/mol. The van der Waals surface area contributed by atoms with Crippen LogP contribution in [-0.2, 0) is 23.1 Å². The van der Waals surface area contributed by atoms with Crippen molar-refractivity contribution < 1.29 is 9.53 Å². The molecule has 2 aromatic heterocycles. The summed E-state index contributed by atoms with van der Waals surface area (Å²) in [6.07, 6.45) is 3.54. The summed E-state index contributed by atoms with van der Waals surface area (Å²) in [5, 5.41) is 9.49. The van der Waals surface area contributed by atoms with Gasteiger partial charge in [-0.3, -0.25) is 14.2 Å². The Hall–Kier alpha value is -2.63. The average molecular weight is 284 g/mol. The zero-order chi connectivity index (χ0) is 14.8. The van der Waals surface area contributed by atoms with Crippen LogP contribution in [0.25, 0.3) is 22.2 Å². The van der Waals surface area contributed by atoms with Crippen molar-refractivity contribution >= 4 is 16.9 Å². The topological polar surface area (TPSA) is 61.9 Å². The van der Waals surface area contributed by atoms with Gasteiger partial charge in [0.2, 0.25) is 0 Å². The van der Waals surface area contributed by atoms with Crippen molar-refractivity contribution in [3.05, 3.63) is 36.7 Å². The number of carbonyl (C=O) groups excluding carboxylic acids is 1. The van der Waals surface area contributed by atoms with Crippen LogP contribution in [0.4, 0.5) is 0 Å². The molecule has 0 fully saturated rings. The Balaban J connectivity index is 2.04. The summed E-state index contributed by atoms with van der Waals surface area (Å²) in [4.78, 5) is 11.6. The van der Waals surface area contributed by atoms with Crippen LogP contribution in [0.5, 0.6) is 0 Å². The van der Waals surface area contributed by atoms with Crippen molar-refractivity contribution in [1.29, 1.82) is 0 Å². The maximum atomic E-state index is 11.6. The molecule has 0 bridgehead atoms. The van der Waals surface area contributed by atoms with Crippen molar-refractivity contribution in [2.24, 2.45) is 7.05 Å². The van der Waals surface area contributed by atoms with E-state index in [-0.39, 0.29) is 12.5 Å². The fourth-order valence-corrected chi connectivity index (χ4v) is 2.42. The first-order valence-corrected chi connectivity index (χ1v) is 6.79. The highest BCUT2D eigenvalue weighted by atomic mass is 16.5. The van der Waals surface area contributed by atoms with Gasteiger partial charge in [-0.25, -0.2) is 0 Å². The third-order valence-electron chi connectivity index (χ3n) is 3.37. The van der Waals surface area contributed by atoms with E-state index >= 15 is 0 Å². The summed E-state index contributed by atoms with van der Waals surface area (Å²) in [7, 11) is 1.90. The molecule has 3 rings (SSSR count). The number of aryl methyl sites for hydroxylation is 1. The molecule has 0 aliphatic heterocycles. The van der Waals surface area contributed by atoms with Gasteiger partial charge < -0.3 is 4.74 Å². The highest BCUT2D eigenvalue weighted by molar-refractivity contribution is 5.94. The van der Waals surface area contributed by atoms with Crippen molar-refractivity contribution in [2.75, 3.05) is 6.61 Å². The predicted molar refractivity (Wildman–Crippen MR) is 78.6 cm³/mol. The lowest BCUT2D eigenvalue weighted by Crippen LogP contribution is -2.14. The molecule has 2 heterocycles. The quantitative estimate of drug-likeness (QED) is 0.687. The van der Waals surface area contributed by atoms with Crippen LogP contribution in [0.2, 0.25) is 0 Å². The number of nitrogens with zero attached hydrogens (tertiary/aromatic N) is 4. The van der Waals surface area contributed by atoms with Gasteiger partial charge in [0.05, 0.1) is 24.0 Å². The molecule has 0 aliphatic carbocycles. The summed E-state index contributed by atoms with van der Waals surface area (Å²) in [6.45, 7) is 2.28. The summed E-state index contributed by atoms with van der Waals surface area (Å²) in [5.74, 6) is -0.284. The molecule has 0 atom stereocenters. The third-order valence-corrected chi connectivity index (χ3v) is 3.37. The summed E-state index contributed by atoms with van der Waals surface area (Å²) in [6, 6.07) is 7.88. The molecule has 0 aliphatic rings. The Kier molecular flexibility index (Phi) is 3.43. The highest BCUT2D eigenvalue weighted by Gasteiger charge is 2.13. The van der Waals surface area contributed by atoms with Gasteiger partial charge in [-0.15, -0.1) is 0 Å². The molecule has 21 heavy (non-hydrogen) atoms. The van der Waals surface area contributed by atoms with Gasteiger partial charge >= 0.3 is 5.97 Å². The average Bonchev–Trinajstić information content (AvgIpc) is 3.06. The van der Waals surface area contributed by atoms with Gasteiger partial charge in [0.1, 0.15) is 6.54 Å². The van der Waals surface area contributed by atoms with Crippen LogP contribution in [-0.4, -0.2) is 32.1 Å². The second kappa shape index (κ2) is 5.40. The van der Waals surface area contributed by atoms with Gasteiger partial charge in [-0.1, -0.05) is 12.1 Å². The molecule has 0 saturated heterocycles. The van der Waals surface area contributed by atoms with E-state index < -0.39 is 0 Å². The van der Waals surface area contributed by atoms with Gasteiger partial charge in [0.25, 0.3) is 0 Å². The van der Waals surface area contributed by atoms with Crippen LogP contribution >= 0.6 is 0 Å². The number of ether oxygens (including phenoxy) is 1. The maximum absolute atomic E-state index is 11.6. The molecule has 0 spiro atoms. The fourth-order valence-electron chi connectivity index (χ4n) is 2.42. The Labute approximate surface area is 121 Å². The molecule has 0 unspecified atom stereocenters. The summed E-state index contributed by atoms with van der Waals surface area (Å²) < 4.78 is 8.45. The van der Waals surface area contributed by atoms with E-state index in [1.54, 1.807) is 24.0 Å². The number of benzene rings is 1. The zero-order valence-corrected chi connectivity index (χ0v) is 12.0. The Bertz CT molecular complexity index is 788. The van der Waals surface area contributed by atoms with Gasteiger partial charge in [0, 0.05) is 24.2 Å². The largest absolute Gasteiger partial charge is 0.465 e. The van der Waals surface area contributed by atoms with Crippen LogP contribution in [0, 0.1) is 0 Å². The smallest absolute Gasteiger partial charge is 0.327 e. The number of esters is 1. The second-order valence-electron chi connectivity index (χ2n) is 4.69. The second-order valence-corrected chi connectivity index (χ2v) is 4.69. The minimum Gasteiger partial charge on any atom is -0.465 e. The monoisotopic (exact) mass is 284 g/mol. The molecule has 0 N–H and O–H groups in total. The standard InChI is InChI=1S/C15H16N4O2/c1-3-21-15(20)10-19-14-6-4-5-11(12(14)9-17-19)13-7-8-16-18(13)2/h4-9H,3,10H2,1-2H3. The first kappa shape index (κ1) is 13.4. The number of hydrogen-bond donors (Lipinski definition) is 0. The van der Waals surface area contributed by atoms with E-state index in [0.29, 0.717) is 6.61 Å². The van der Waals surface area contributed by atoms with Gasteiger partial charge in [-0.05, 0) is 19.1 Å². The Morgan fingerprint density at radius 2 is 2.14 bits per heavy atom. The minimum atomic E-state index is -0.284. The Morgan fingerprint density at radius 1 is 1.29 bits per heavy atom. The molecule has 3 aromatic rings. The number of aromatic nitrogens is 4. The van der Waals surface area contributed by atoms with E-state index in [0.717, 1.165) is 22.2 Å². The molecular formula is C15H16N4O2. The van der Waals surface area contributed by atoms with Crippen LogP contribution in [0.1, 0.15) is 6.92 Å². The fraction of sp³-hybridized carbons (Fsp3) is 0.267. The number of carbonyl (C=O) groups is 1. The lowest BCUT2D eigenvalue weighted by Gasteiger charge is -2.06. The van der Waals surface area contributed by atoms with E-state index in [1.807, 2.05) is 36.0 Å². The van der Waals surface area contributed by atoms with Crippen LogP contribution < -0.4 is 0 Å². The summed E-state index contributed by atoms with van der Waals surface area (Å²) >= 11 is 0. The SMILES string of the molecule is CCOC(=O)Cn1ncc2c(-c3ccnn3C)cccc21. The molecule has 6 nitrogen and oxygen atoms in total. The van der Waals surface area contributed by atoms with Gasteiger partial charge in [-0.2, -0.15) is 10.2 Å². The van der Waals surface area contributed by atoms with Crippen molar-refractivity contribution in [2.45, 2.75) is 13.5 Å². The molecule has 108 valence electrons. The first-order valence-electron chi connectivity index (χ1n) is 6.79. The lowest BCUT2D eigenvalue weighted by atomic mass is 10.1. The number of rotatable bonds is 4. The molecule has 0 radical (unpaired) electrons. The molecule has 1 aromatic carbocycles. The van der Waals surface area contributed by atoms with Crippen molar-refractivity contribution in [3.63, 3.8) is 0 Å². The number of hydrogen-bond acceptors (Lipinski definition) is 4. The molecule has 6 heteroatoms. The normalized spacial score (nSPS) is 11.0. The van der Waals surface area contributed by atoms with Crippen LogP contribution in [0.15, 0.2) is 36.7 Å². The maximum Gasteiger partial charge on any atom is 0.327 e. The van der Waals surface area contributed by atoms with Crippen molar-refractivity contribution in [1.82, 2.24) is 19.6 Å². The first-order chi connectivity index (χ1) is 10.2.